The minimum Gasteiger partial charge on any atom is -0.349 e. The first-order valence-electron chi connectivity index (χ1n) is 22.6. The van der Waals surface area contributed by atoms with Crippen molar-refractivity contribution in [1.29, 1.82) is 0 Å². The zero-order valence-electron chi connectivity index (χ0n) is 38.8. The lowest BCUT2D eigenvalue weighted by atomic mass is 10.0. The molecule has 1 aliphatic heterocycles. The van der Waals surface area contributed by atoms with E-state index in [2.05, 4.69) is 5.10 Å². The van der Waals surface area contributed by atoms with Crippen LogP contribution in [-0.2, 0) is 82.0 Å². The molecule has 1 saturated heterocycles. The molecule has 0 bridgehead atoms. The molecular formula is C51H47F7N4O9P2. The van der Waals surface area contributed by atoms with Gasteiger partial charge in [-0.3, -0.25) is 23.0 Å². The van der Waals surface area contributed by atoms with Crippen LogP contribution in [0.5, 0.6) is 0 Å². The monoisotopic (exact) mass is 1050 g/mol. The van der Waals surface area contributed by atoms with Crippen LogP contribution in [0.4, 0.5) is 30.7 Å². The minimum absolute atomic E-state index is 0.000825. The molecule has 0 saturated carbocycles. The van der Waals surface area contributed by atoms with E-state index in [1.165, 1.54) is 19.1 Å². The minimum atomic E-state index is -5.15. The van der Waals surface area contributed by atoms with Crippen LogP contribution in [0, 0.1) is 5.82 Å². The van der Waals surface area contributed by atoms with E-state index in [1.807, 2.05) is 0 Å². The summed E-state index contributed by atoms with van der Waals surface area (Å²) in [4.78, 5) is 16.8. The number of hydrogen-bond donors (Lipinski definition) is 0. The largest absolute Gasteiger partial charge is 0.460 e. The van der Waals surface area contributed by atoms with Gasteiger partial charge in [0.1, 0.15) is 5.82 Å². The van der Waals surface area contributed by atoms with E-state index in [1.54, 1.807) is 126 Å². The molecule has 0 amide bonds. The molecule has 0 unspecified atom stereocenters. The molecule has 13 nitrogen and oxygen atoms in total. The molecule has 1 fully saturated rings. The summed E-state index contributed by atoms with van der Waals surface area (Å²) >= 11 is 0. The smallest absolute Gasteiger partial charge is 0.349 e. The SMILES string of the molecule is C[C@@H](O[C@H]1OCCN(Cc2nn(P(=O)(OCc3ccccc3)OCc3ccccc3)c(=O)n2P(=O)(OCc2ccccc2)OCc2ccccc2)[C@H]1c1ccc(F)cc1)c1cc(C(F)(F)F)cc(C(F)(F)F)c1. The first-order chi connectivity index (χ1) is 34.9. The molecule has 1 aliphatic rings. The molecule has 2 heterocycles. The molecule has 8 rings (SSSR count). The Morgan fingerprint density at radius 2 is 1.05 bits per heavy atom. The highest BCUT2D eigenvalue weighted by atomic mass is 31.2. The number of ether oxygens (including phenoxy) is 2. The molecule has 73 heavy (non-hydrogen) atoms. The van der Waals surface area contributed by atoms with Crippen LogP contribution < -0.4 is 5.69 Å². The molecule has 7 aromatic rings. The fourth-order valence-electron chi connectivity index (χ4n) is 7.80. The van der Waals surface area contributed by atoms with Gasteiger partial charge >= 0.3 is 33.5 Å². The van der Waals surface area contributed by atoms with Crippen molar-refractivity contribution in [3.8, 4) is 0 Å². The number of halogens is 7. The van der Waals surface area contributed by atoms with E-state index >= 15 is 13.9 Å². The maximum absolute atomic E-state index is 15.7. The van der Waals surface area contributed by atoms with Crippen molar-refractivity contribution in [2.75, 3.05) is 13.2 Å². The third-order valence-electron chi connectivity index (χ3n) is 11.5. The Bertz CT molecular complexity index is 2950. The van der Waals surface area contributed by atoms with E-state index in [9.17, 15) is 30.7 Å². The molecule has 1 aromatic heterocycles. The van der Waals surface area contributed by atoms with Crippen LogP contribution in [0.3, 0.4) is 0 Å². The van der Waals surface area contributed by atoms with Crippen molar-refractivity contribution < 1.29 is 67.4 Å². The molecule has 0 spiro atoms. The third kappa shape index (κ3) is 13.4. The molecular weight excluding hydrogens is 1010 g/mol. The molecule has 0 aliphatic carbocycles. The standard InChI is InChI=1S/C51H47F7N4O9P2/c1-36(42-28-43(50(53,54)55)30-44(29-42)51(56,57)58)71-48-47(41-22-24-45(52)25-23-41)60(26-27-66-48)31-46-59-62(73(65,69-34-39-18-10-4-11-19-39)70-35-40-20-12-5-13-21-40)49(63)61(46)72(64,67-32-37-14-6-2-7-15-37)68-33-38-16-8-3-9-17-38/h2-25,28-30,36,47-48H,26-27,31-35H2,1H3/t36-,47+,48-/m1/s1. The van der Waals surface area contributed by atoms with Crippen molar-refractivity contribution in [3.63, 3.8) is 0 Å². The molecule has 3 atom stereocenters. The molecule has 384 valence electrons. The average molecular weight is 1050 g/mol. The lowest BCUT2D eigenvalue weighted by Gasteiger charge is -2.42. The molecule has 6 aromatic carbocycles. The number of nitrogens with zero attached hydrogens (tertiary/aromatic N) is 4. The summed E-state index contributed by atoms with van der Waals surface area (Å²) in [5, 5.41) is 4.54. The topological polar surface area (TPSA) is 133 Å². The fraction of sp³-hybridized carbons (Fsp3) is 0.255. The highest BCUT2D eigenvalue weighted by molar-refractivity contribution is 7.53. The van der Waals surface area contributed by atoms with Crippen LogP contribution in [-0.4, -0.2) is 38.2 Å². The lowest BCUT2D eigenvalue weighted by Crippen LogP contribution is -2.46. The zero-order chi connectivity index (χ0) is 51.8. The predicted octanol–water partition coefficient (Wildman–Crippen LogP) is 12.7. The van der Waals surface area contributed by atoms with Gasteiger partial charge in [0.15, 0.2) is 12.1 Å². The normalized spacial score (nSPS) is 16.4. The summed E-state index contributed by atoms with van der Waals surface area (Å²) in [6.07, 6.45) is -13.3. The van der Waals surface area contributed by atoms with Gasteiger partial charge in [0.05, 0.1) is 62.9 Å². The summed E-state index contributed by atoms with van der Waals surface area (Å²) in [6.45, 7) is -0.957. The number of hydrogen-bond acceptors (Lipinski definition) is 11. The number of morpholine rings is 1. The lowest BCUT2D eigenvalue weighted by molar-refractivity contribution is -0.231. The molecule has 0 N–H and O–H groups in total. The average Bonchev–Trinajstić information content (AvgIpc) is 3.73. The highest BCUT2D eigenvalue weighted by Gasteiger charge is 2.44. The number of aromatic nitrogens is 3. The summed E-state index contributed by atoms with van der Waals surface area (Å²) < 4.78 is 167. The van der Waals surface area contributed by atoms with Gasteiger partial charge in [-0.05, 0) is 70.6 Å². The van der Waals surface area contributed by atoms with Crippen molar-refractivity contribution in [2.45, 2.75) is 70.7 Å². The highest BCUT2D eigenvalue weighted by Crippen LogP contribution is 2.54. The van der Waals surface area contributed by atoms with E-state index in [4.69, 9.17) is 27.6 Å². The van der Waals surface area contributed by atoms with Gasteiger partial charge in [0.25, 0.3) is 0 Å². The van der Waals surface area contributed by atoms with Gasteiger partial charge in [0.2, 0.25) is 0 Å². The van der Waals surface area contributed by atoms with Crippen LogP contribution in [0.1, 0.15) is 69.4 Å². The first kappa shape index (κ1) is 53.2. The second-order valence-electron chi connectivity index (χ2n) is 16.7. The Kier molecular flexibility index (Phi) is 16.8. The van der Waals surface area contributed by atoms with Gasteiger partial charge in [-0.15, -0.1) is 9.55 Å². The summed E-state index contributed by atoms with van der Waals surface area (Å²) in [6, 6.07) is 39.1. The maximum atomic E-state index is 15.7. The van der Waals surface area contributed by atoms with E-state index in [0.717, 1.165) is 12.1 Å². The zero-order valence-corrected chi connectivity index (χ0v) is 40.6. The van der Waals surface area contributed by atoms with Crippen molar-refractivity contribution in [1.82, 2.24) is 18.8 Å². The Balaban J connectivity index is 1.25. The van der Waals surface area contributed by atoms with E-state index in [0.29, 0.717) is 43.2 Å². The van der Waals surface area contributed by atoms with Gasteiger partial charge in [-0.2, -0.15) is 30.7 Å². The van der Waals surface area contributed by atoms with Crippen molar-refractivity contribution in [3.05, 3.63) is 230 Å². The van der Waals surface area contributed by atoms with Gasteiger partial charge in [-0.1, -0.05) is 133 Å². The van der Waals surface area contributed by atoms with Crippen molar-refractivity contribution >= 4 is 15.5 Å². The van der Waals surface area contributed by atoms with Gasteiger partial charge in [-0.25, -0.2) is 18.3 Å². The maximum Gasteiger partial charge on any atom is 0.460 e. The summed E-state index contributed by atoms with van der Waals surface area (Å²) in [7, 11) is -9.92. The Labute approximate surface area is 414 Å². The Hall–Kier alpha value is -6.05. The summed E-state index contributed by atoms with van der Waals surface area (Å²) in [5.74, 6) is -1.04. The van der Waals surface area contributed by atoms with Gasteiger partial charge in [0, 0.05) is 6.54 Å². The fourth-order valence-corrected chi connectivity index (χ4v) is 10.9. The Morgan fingerprint density at radius 1 is 0.630 bits per heavy atom. The van der Waals surface area contributed by atoms with E-state index in [-0.39, 0.29) is 51.2 Å². The number of rotatable bonds is 20. The van der Waals surface area contributed by atoms with Crippen molar-refractivity contribution in [2.24, 2.45) is 0 Å². The van der Waals surface area contributed by atoms with Crippen LogP contribution >= 0.6 is 15.5 Å². The quantitative estimate of drug-likeness (QED) is 0.0534. The van der Waals surface area contributed by atoms with Crippen LogP contribution in [0.2, 0.25) is 0 Å². The molecule has 22 heteroatoms. The Morgan fingerprint density at radius 3 is 1.48 bits per heavy atom. The third-order valence-corrected chi connectivity index (χ3v) is 15.0. The summed E-state index contributed by atoms with van der Waals surface area (Å²) in [5.41, 5.74) is -2.50. The van der Waals surface area contributed by atoms with E-state index < -0.39 is 86.8 Å². The van der Waals surface area contributed by atoms with Crippen LogP contribution in [0.25, 0.3) is 0 Å². The second kappa shape index (κ2) is 23.0. The van der Waals surface area contributed by atoms with Gasteiger partial charge < -0.3 is 9.47 Å². The van der Waals surface area contributed by atoms with Crippen LogP contribution in [0.15, 0.2) is 169 Å². The number of alkyl halides is 6. The number of benzene rings is 6. The predicted molar refractivity (Wildman–Crippen MR) is 253 cm³/mol. The molecule has 0 radical (unpaired) electrons. The first-order valence-corrected chi connectivity index (χ1v) is 25.6. The second-order valence-corrected chi connectivity index (χ2v) is 20.4.